The Morgan fingerprint density at radius 3 is 1.80 bits per heavy atom. The number of rotatable bonds is 29. The van der Waals surface area contributed by atoms with Crippen LogP contribution in [0.1, 0.15) is 144 Å². The molecule has 0 heterocycles. The van der Waals surface area contributed by atoms with Gasteiger partial charge in [-0.3, -0.25) is 9.59 Å². The lowest BCUT2D eigenvalue weighted by atomic mass is 9.91. The summed E-state index contributed by atoms with van der Waals surface area (Å²) in [6, 6.07) is 5.33. The molecule has 0 spiro atoms. The van der Waals surface area contributed by atoms with E-state index < -0.39 is 77.8 Å². The van der Waals surface area contributed by atoms with Crippen LogP contribution in [0.2, 0.25) is 0 Å². The number of aliphatic hydroxyl groups is 3. The number of hydrogen-bond acceptors (Lipinski definition) is 10. The fourth-order valence-corrected chi connectivity index (χ4v) is 6.23. The molecule has 0 unspecified atom stereocenters. The van der Waals surface area contributed by atoms with E-state index in [4.69, 9.17) is 14.2 Å². The van der Waals surface area contributed by atoms with E-state index in [0.717, 1.165) is 31.2 Å². The molecule has 13 heteroatoms. The molecule has 3 amide bonds. The van der Waals surface area contributed by atoms with E-state index in [0.29, 0.717) is 6.42 Å². The van der Waals surface area contributed by atoms with E-state index in [1.165, 1.54) is 51.9 Å². The Bertz CT molecular complexity index is 1240. The van der Waals surface area contributed by atoms with E-state index in [9.17, 15) is 34.5 Å². The molecule has 322 valence electrons. The van der Waals surface area contributed by atoms with Gasteiger partial charge < -0.3 is 45.5 Å². The van der Waals surface area contributed by atoms with E-state index in [2.05, 4.69) is 22.9 Å². The predicted octanol–water partition coefficient (Wildman–Crippen LogP) is 6.10. The zero-order valence-corrected chi connectivity index (χ0v) is 35.5. The van der Waals surface area contributed by atoms with Gasteiger partial charge in [0.15, 0.2) is 6.04 Å². The molecule has 7 atom stereocenters. The van der Waals surface area contributed by atoms with Crippen LogP contribution in [-0.2, 0) is 35.2 Å². The summed E-state index contributed by atoms with van der Waals surface area (Å²) in [5.74, 6) is -3.32. The Morgan fingerprint density at radius 2 is 1.29 bits per heavy atom. The topological polar surface area (TPSA) is 193 Å². The number of aliphatic hydroxyl groups excluding tert-OH is 3. The monoisotopic (exact) mass is 794 g/mol. The molecule has 0 aliphatic carbocycles. The molecule has 56 heavy (non-hydrogen) atoms. The number of alkyl carbamates (subject to hydrolysis) is 1. The summed E-state index contributed by atoms with van der Waals surface area (Å²) in [6.45, 7) is 13.4. The number of carbonyl (C=O) groups excluding carboxylic acids is 4. The molecule has 0 saturated carbocycles. The minimum Gasteiger partial charge on any atom is -0.460 e. The van der Waals surface area contributed by atoms with Crippen molar-refractivity contribution in [3.05, 3.63) is 35.9 Å². The predicted molar refractivity (Wildman–Crippen MR) is 217 cm³/mol. The smallest absolute Gasteiger partial charge is 0.408 e. The Kier molecular flexibility index (Phi) is 25.6. The van der Waals surface area contributed by atoms with Crippen LogP contribution in [0, 0.1) is 11.8 Å². The third kappa shape index (κ3) is 21.9. The van der Waals surface area contributed by atoms with Crippen molar-refractivity contribution in [1.29, 1.82) is 0 Å². The fourth-order valence-electron chi connectivity index (χ4n) is 6.23. The third-order valence-corrected chi connectivity index (χ3v) is 9.66. The highest BCUT2D eigenvalue weighted by Crippen LogP contribution is 2.22. The number of unbranched alkanes of at least 4 members (excludes halogenated alkanes) is 10. The van der Waals surface area contributed by atoms with Crippen LogP contribution in [0.5, 0.6) is 0 Å². The van der Waals surface area contributed by atoms with Crippen molar-refractivity contribution >= 4 is 23.9 Å². The molecule has 0 fully saturated rings. The number of amides is 3. The first kappa shape index (κ1) is 50.8. The molecule has 6 N–H and O–H groups in total. The molecule has 13 nitrogen and oxygen atoms in total. The van der Waals surface area contributed by atoms with Gasteiger partial charge in [0.2, 0.25) is 11.8 Å². The maximum atomic E-state index is 13.9. The quantitative estimate of drug-likeness (QED) is 0.0408. The van der Waals surface area contributed by atoms with Crippen molar-refractivity contribution in [3.63, 3.8) is 0 Å². The van der Waals surface area contributed by atoms with Crippen LogP contribution in [0.15, 0.2) is 30.3 Å². The van der Waals surface area contributed by atoms with Crippen LogP contribution in [0.25, 0.3) is 0 Å². The second kappa shape index (κ2) is 28.2. The summed E-state index contributed by atoms with van der Waals surface area (Å²) in [6.07, 6.45) is 9.41. The van der Waals surface area contributed by atoms with E-state index in [1.54, 1.807) is 41.5 Å². The van der Waals surface area contributed by atoms with Gasteiger partial charge in [0.05, 0.1) is 25.4 Å². The molecular weight excluding hydrogens is 718 g/mol. The van der Waals surface area contributed by atoms with Crippen molar-refractivity contribution in [3.8, 4) is 0 Å². The molecule has 1 rings (SSSR count). The van der Waals surface area contributed by atoms with E-state index >= 15 is 0 Å². The van der Waals surface area contributed by atoms with Crippen LogP contribution in [0.4, 0.5) is 4.79 Å². The normalized spacial score (nSPS) is 15.5. The third-order valence-electron chi connectivity index (χ3n) is 9.66. The van der Waals surface area contributed by atoms with Gasteiger partial charge in [0.25, 0.3) is 0 Å². The van der Waals surface area contributed by atoms with Crippen LogP contribution in [0.3, 0.4) is 0 Å². The maximum Gasteiger partial charge on any atom is 0.408 e. The van der Waals surface area contributed by atoms with Gasteiger partial charge in [-0.05, 0) is 58.4 Å². The van der Waals surface area contributed by atoms with Crippen molar-refractivity contribution in [2.45, 2.75) is 188 Å². The average Bonchev–Trinajstić information content (AvgIpc) is 3.13. The second-order valence-electron chi connectivity index (χ2n) is 16.4. The first-order valence-electron chi connectivity index (χ1n) is 20.9. The van der Waals surface area contributed by atoms with Crippen molar-refractivity contribution in [2.75, 3.05) is 13.2 Å². The SMILES string of the molecule is CCCCCCCCCCCCC[C@@H](OC(=O)[C@H](COCc1ccccc1)NC(=O)[C@@H](NC(=O)[C@@H](NC(=O)OC(C)(C)C)C(C)C)[C@@H](C)O)[C@H](C)[C@@H](O)CCO. The average molecular weight is 794 g/mol. The Hall–Kier alpha value is -3.26. The van der Waals surface area contributed by atoms with Gasteiger partial charge >= 0.3 is 12.1 Å². The standard InChI is InChI=1S/C43H75N3O10/c1-9-10-11-12-13-14-15-16-17-18-22-25-36(31(4)35(49)26-27-47)55-41(52)34(29-54-28-33-23-20-19-21-24-33)44-40(51)38(32(5)48)45-39(50)37(30(2)3)46-42(53)56-43(6,7)8/h19-21,23-24,30-32,34-38,47-49H,9-18,22,25-29H2,1-8H3,(H,44,51)(H,45,50)(H,46,53)/t31-,32-,34+,35+,36-,37+,38+/m1/s1. The Morgan fingerprint density at radius 1 is 0.732 bits per heavy atom. The number of benzene rings is 1. The first-order valence-corrected chi connectivity index (χ1v) is 20.9. The minimum atomic E-state index is -1.51. The lowest BCUT2D eigenvalue weighted by molar-refractivity contribution is -0.160. The van der Waals surface area contributed by atoms with Gasteiger partial charge in [0, 0.05) is 12.5 Å². The number of ether oxygens (including phenoxy) is 3. The Labute approximate surface area is 336 Å². The minimum absolute atomic E-state index is 0.115. The van der Waals surface area contributed by atoms with Gasteiger partial charge in [-0.15, -0.1) is 0 Å². The lowest BCUT2D eigenvalue weighted by Crippen LogP contribution is -2.60. The molecular formula is C43H75N3O10. The van der Waals surface area contributed by atoms with Crippen molar-refractivity contribution in [2.24, 2.45) is 11.8 Å². The van der Waals surface area contributed by atoms with Gasteiger partial charge in [-0.1, -0.05) is 122 Å². The highest BCUT2D eigenvalue weighted by atomic mass is 16.6. The van der Waals surface area contributed by atoms with Crippen LogP contribution >= 0.6 is 0 Å². The number of esters is 1. The van der Waals surface area contributed by atoms with Gasteiger partial charge in [-0.2, -0.15) is 0 Å². The summed E-state index contributed by atoms with van der Waals surface area (Å²) in [4.78, 5) is 53.6. The number of carbonyl (C=O) groups is 4. The number of hydrogen-bond donors (Lipinski definition) is 6. The van der Waals surface area contributed by atoms with E-state index in [1.807, 2.05) is 30.3 Å². The fraction of sp³-hybridized carbons (Fsp3) is 0.767. The molecule has 0 aliphatic heterocycles. The van der Waals surface area contributed by atoms with Crippen LogP contribution in [-0.4, -0.2) is 94.4 Å². The van der Waals surface area contributed by atoms with Crippen LogP contribution < -0.4 is 16.0 Å². The largest absolute Gasteiger partial charge is 0.460 e. The highest BCUT2D eigenvalue weighted by Gasteiger charge is 2.36. The second-order valence-corrected chi connectivity index (χ2v) is 16.4. The summed E-state index contributed by atoms with van der Waals surface area (Å²) in [5.41, 5.74) is 0.0316. The van der Waals surface area contributed by atoms with Gasteiger partial charge in [-0.25, -0.2) is 9.59 Å². The zero-order chi connectivity index (χ0) is 42.1. The molecule has 0 aliphatic rings. The molecule has 0 saturated heterocycles. The summed E-state index contributed by atoms with van der Waals surface area (Å²) in [5, 5.41) is 38.6. The van der Waals surface area contributed by atoms with Crippen molar-refractivity contribution in [1.82, 2.24) is 16.0 Å². The Balaban J connectivity index is 3.12. The summed E-state index contributed by atoms with van der Waals surface area (Å²) in [7, 11) is 0. The molecule has 1 aromatic rings. The first-order chi connectivity index (χ1) is 26.5. The molecule has 0 bridgehead atoms. The molecule has 1 aromatic carbocycles. The maximum absolute atomic E-state index is 13.9. The molecule has 0 aromatic heterocycles. The summed E-state index contributed by atoms with van der Waals surface area (Å²) >= 11 is 0. The molecule has 0 radical (unpaired) electrons. The zero-order valence-electron chi connectivity index (χ0n) is 35.5. The van der Waals surface area contributed by atoms with Gasteiger partial charge in [0.1, 0.15) is 23.8 Å². The van der Waals surface area contributed by atoms with E-state index in [-0.39, 0.29) is 26.2 Å². The lowest BCUT2D eigenvalue weighted by Gasteiger charge is -2.31. The van der Waals surface area contributed by atoms with Crippen molar-refractivity contribution < 1.29 is 48.7 Å². The summed E-state index contributed by atoms with van der Waals surface area (Å²) < 4.78 is 17.2. The highest BCUT2D eigenvalue weighted by molar-refractivity contribution is 5.93. The number of nitrogens with one attached hydrogen (secondary N) is 3.